The molecular formula is C52H54BBrN8O10S2. The lowest BCUT2D eigenvalue weighted by molar-refractivity contribution is -0.133. The SMILES string of the molecule is CN1C(=O)C2(CC(c3ccccc3)Oc3ccc(-c4ccc(CNS(C)(=O)=O)cc4)cc32)N=C1N.CN1C(=O)C2(CC(c3ccccc3)Oc3ccc(Br)cc32)N=C1N.CS(=O)(=O)NCc1ccc(B(O)O)cc1. The van der Waals surface area contributed by atoms with Crippen LogP contribution in [-0.4, -0.2) is 94.1 Å². The average Bonchev–Trinajstić information content (AvgIpc) is 3.73. The number of hydrogen-bond donors (Lipinski definition) is 6. The Morgan fingerprint density at radius 1 is 0.622 bits per heavy atom. The summed E-state index contributed by atoms with van der Waals surface area (Å²) in [5.41, 5.74) is 17.1. The van der Waals surface area contributed by atoms with Crippen LogP contribution < -0.4 is 35.8 Å². The van der Waals surface area contributed by atoms with E-state index in [1.165, 1.54) is 21.9 Å². The molecule has 4 aliphatic rings. The van der Waals surface area contributed by atoms with Gasteiger partial charge in [-0.05, 0) is 69.2 Å². The smallest absolute Gasteiger partial charge is 0.485 e. The van der Waals surface area contributed by atoms with Crippen LogP contribution in [-0.2, 0) is 53.8 Å². The first-order valence-electron chi connectivity index (χ1n) is 23.1. The van der Waals surface area contributed by atoms with Gasteiger partial charge >= 0.3 is 7.12 Å². The predicted octanol–water partition coefficient (Wildman–Crippen LogP) is 4.28. The molecule has 0 saturated heterocycles. The zero-order valence-electron chi connectivity index (χ0n) is 40.7. The Morgan fingerprint density at radius 3 is 1.43 bits per heavy atom. The van der Waals surface area contributed by atoms with Crippen LogP contribution in [0.25, 0.3) is 11.1 Å². The lowest BCUT2D eigenvalue weighted by Gasteiger charge is -2.37. The molecular weight excluding hydrogens is 1050 g/mol. The number of fused-ring (bicyclic) bond motifs is 4. The van der Waals surface area contributed by atoms with Gasteiger partial charge in [0.2, 0.25) is 20.0 Å². The summed E-state index contributed by atoms with van der Waals surface area (Å²) in [6.07, 6.45) is 2.37. The Morgan fingerprint density at radius 2 is 1.03 bits per heavy atom. The van der Waals surface area contributed by atoms with Crippen molar-refractivity contribution >= 4 is 72.3 Å². The maximum absolute atomic E-state index is 13.5. The Balaban J connectivity index is 0.000000161. The van der Waals surface area contributed by atoms with Crippen molar-refractivity contribution in [2.45, 2.75) is 49.2 Å². The van der Waals surface area contributed by atoms with Crippen LogP contribution in [0.2, 0.25) is 0 Å². The molecule has 2 amide bonds. The van der Waals surface area contributed by atoms with E-state index in [9.17, 15) is 26.4 Å². The second-order valence-electron chi connectivity index (χ2n) is 18.2. The number of ether oxygens (including phenoxy) is 2. The number of carbonyl (C=O) groups excluding carboxylic acids is 2. The van der Waals surface area contributed by atoms with Gasteiger partial charge in [-0.1, -0.05) is 131 Å². The van der Waals surface area contributed by atoms with Crippen LogP contribution in [0, 0.1) is 0 Å². The maximum atomic E-state index is 13.5. The van der Waals surface area contributed by atoms with E-state index in [4.69, 9.17) is 31.0 Å². The third-order valence-electron chi connectivity index (χ3n) is 12.9. The second kappa shape index (κ2) is 21.5. The van der Waals surface area contributed by atoms with Crippen LogP contribution >= 0.6 is 15.9 Å². The lowest BCUT2D eigenvalue weighted by atomic mass is 9.79. The van der Waals surface area contributed by atoms with Crippen molar-refractivity contribution in [2.24, 2.45) is 21.5 Å². The Labute approximate surface area is 438 Å². The van der Waals surface area contributed by atoms with Crippen molar-refractivity contribution in [2.75, 3.05) is 26.6 Å². The average molecular weight is 1110 g/mol. The number of amides is 2. The molecule has 6 aromatic rings. The second-order valence-corrected chi connectivity index (χ2v) is 22.8. The Hall–Kier alpha value is -6.92. The zero-order chi connectivity index (χ0) is 53.2. The van der Waals surface area contributed by atoms with Gasteiger partial charge in [0.1, 0.15) is 23.7 Å². The summed E-state index contributed by atoms with van der Waals surface area (Å²) in [7, 11) is -4.68. The number of nitrogens with two attached hydrogens (primary N) is 2. The number of halogens is 1. The van der Waals surface area contributed by atoms with Crippen LogP contribution in [0.15, 0.2) is 160 Å². The van der Waals surface area contributed by atoms with Crippen molar-refractivity contribution < 1.29 is 45.9 Å². The summed E-state index contributed by atoms with van der Waals surface area (Å²) >= 11 is 3.47. The fraction of sp³-hybridized carbons (Fsp3) is 0.231. The largest absolute Gasteiger partial charge is 0.488 e. The van der Waals surface area contributed by atoms with E-state index >= 15 is 0 Å². The highest BCUT2D eigenvalue weighted by atomic mass is 79.9. The molecule has 384 valence electrons. The van der Waals surface area contributed by atoms with E-state index in [2.05, 4.69) is 35.4 Å². The first-order valence-corrected chi connectivity index (χ1v) is 27.7. The third kappa shape index (κ3) is 11.7. The molecule has 2 spiro atoms. The van der Waals surface area contributed by atoms with Crippen molar-refractivity contribution in [3.8, 4) is 22.6 Å². The van der Waals surface area contributed by atoms with Gasteiger partial charge in [-0.3, -0.25) is 19.4 Å². The normalized spacial score (nSPS) is 20.7. The molecule has 0 aromatic heterocycles. The van der Waals surface area contributed by atoms with Crippen LogP contribution in [0.1, 0.15) is 58.4 Å². The molecule has 0 fully saturated rings. The number of nitrogens with zero attached hydrogens (tertiary/aromatic N) is 4. The third-order valence-corrected chi connectivity index (χ3v) is 14.7. The molecule has 10 rings (SSSR count). The molecule has 4 aliphatic heterocycles. The van der Waals surface area contributed by atoms with Crippen LogP contribution in [0.3, 0.4) is 0 Å². The van der Waals surface area contributed by atoms with Gasteiger partial charge in [-0.25, -0.2) is 36.3 Å². The van der Waals surface area contributed by atoms with E-state index in [1.807, 2.05) is 121 Å². The Bertz CT molecular complexity index is 3360. The molecule has 0 aliphatic carbocycles. The van der Waals surface area contributed by atoms with E-state index in [0.29, 0.717) is 35.4 Å². The molecule has 74 heavy (non-hydrogen) atoms. The van der Waals surface area contributed by atoms with Crippen molar-refractivity contribution in [1.29, 1.82) is 0 Å². The van der Waals surface area contributed by atoms with Crippen molar-refractivity contribution in [1.82, 2.24) is 19.2 Å². The van der Waals surface area contributed by atoms with Gasteiger partial charge < -0.3 is 31.0 Å². The van der Waals surface area contributed by atoms with E-state index in [-0.39, 0.29) is 49.0 Å². The fourth-order valence-corrected chi connectivity index (χ4v) is 10.2. The molecule has 22 heteroatoms. The number of likely N-dealkylation sites (N-methyl/N-ethyl adjacent to an activating group) is 2. The molecule has 4 heterocycles. The van der Waals surface area contributed by atoms with Gasteiger partial charge in [0.15, 0.2) is 23.0 Å². The van der Waals surface area contributed by atoms with Gasteiger partial charge in [-0.15, -0.1) is 0 Å². The first kappa shape index (κ1) is 53.4. The van der Waals surface area contributed by atoms with Crippen molar-refractivity contribution in [3.63, 3.8) is 0 Å². The van der Waals surface area contributed by atoms with Crippen LogP contribution in [0.4, 0.5) is 0 Å². The van der Waals surface area contributed by atoms with Gasteiger partial charge in [0.05, 0.1) is 12.5 Å². The molecule has 0 saturated carbocycles. The summed E-state index contributed by atoms with van der Waals surface area (Å²) in [5, 5.41) is 17.6. The molecule has 4 atom stereocenters. The zero-order valence-corrected chi connectivity index (χ0v) is 43.9. The number of guanidine groups is 2. The fourth-order valence-electron chi connectivity index (χ4n) is 8.99. The number of carbonyl (C=O) groups is 2. The maximum Gasteiger partial charge on any atom is 0.488 e. The van der Waals surface area contributed by atoms with E-state index in [0.717, 1.165) is 55.9 Å². The lowest BCUT2D eigenvalue weighted by Crippen LogP contribution is -2.43. The number of benzene rings is 6. The van der Waals surface area contributed by atoms with Gasteiger partial charge in [0, 0.05) is 55.6 Å². The minimum atomic E-state index is -3.27. The molecule has 0 radical (unpaired) electrons. The number of rotatable bonds is 10. The van der Waals surface area contributed by atoms with Gasteiger partial charge in [-0.2, -0.15) is 0 Å². The number of sulfonamides is 2. The number of nitrogens with one attached hydrogen (secondary N) is 2. The molecule has 6 aromatic carbocycles. The summed E-state index contributed by atoms with van der Waals surface area (Å²) in [6.45, 7) is 0.413. The summed E-state index contributed by atoms with van der Waals surface area (Å²) in [4.78, 5) is 38.6. The molecule has 4 unspecified atom stereocenters. The Kier molecular flexibility index (Phi) is 15.5. The predicted molar refractivity (Wildman–Crippen MR) is 287 cm³/mol. The monoisotopic (exact) mass is 1100 g/mol. The minimum absolute atomic E-state index is 0.122. The highest BCUT2D eigenvalue weighted by Crippen LogP contribution is 2.52. The standard InChI is InChI=1S/C26H26N4O4S.C18H16BrN3O2.C8H12BNO4S/c1-30-24(31)26(29-25(30)27)15-23(19-6-4-3-5-7-19)34-22-13-12-20(14-21(22)26)18-10-8-17(9-11-18)16-28-35(2,32)33;1-22-16(23)18(21-17(22)20)10-15(11-5-3-2-4-6-11)24-14-8-7-12(19)9-13(14)18;1-15(13,14)10-6-7-2-4-8(5-3-7)9(11)12/h3-14,23,28H,15-16H2,1-2H3,(H2,27,29);2-9,15H,10H2,1H3,(H2,20,21);2-5,10-12H,6H2,1H3. The summed E-state index contributed by atoms with van der Waals surface area (Å²) < 4.78 is 62.5. The highest BCUT2D eigenvalue weighted by Gasteiger charge is 2.55. The van der Waals surface area contributed by atoms with Crippen molar-refractivity contribution in [3.05, 3.63) is 183 Å². The summed E-state index contributed by atoms with van der Waals surface area (Å²) in [6, 6.07) is 45.0. The first-order chi connectivity index (χ1) is 35.1. The van der Waals surface area contributed by atoms with E-state index < -0.39 is 38.2 Å². The van der Waals surface area contributed by atoms with Gasteiger partial charge in [0.25, 0.3) is 11.8 Å². The van der Waals surface area contributed by atoms with Crippen LogP contribution in [0.5, 0.6) is 11.5 Å². The number of aliphatic imine (C=N–C) groups is 2. The number of hydrogen-bond acceptors (Lipinski definition) is 14. The quantitative estimate of drug-likeness (QED) is 0.105. The molecule has 0 bridgehead atoms. The molecule has 8 N–H and O–H groups in total. The van der Waals surface area contributed by atoms with E-state index in [1.54, 1.807) is 26.2 Å². The topological polar surface area (TPSA) is 269 Å². The molecule has 18 nitrogen and oxygen atoms in total. The summed E-state index contributed by atoms with van der Waals surface area (Å²) in [5.74, 6) is 1.38. The highest BCUT2D eigenvalue weighted by molar-refractivity contribution is 9.10. The minimum Gasteiger partial charge on any atom is -0.485 e.